The van der Waals surface area contributed by atoms with E-state index in [9.17, 15) is 14.4 Å². The molecule has 0 saturated carbocycles. The second kappa shape index (κ2) is 11.4. The lowest BCUT2D eigenvalue weighted by atomic mass is 9.75. The van der Waals surface area contributed by atoms with Crippen molar-refractivity contribution in [3.63, 3.8) is 0 Å². The van der Waals surface area contributed by atoms with Crippen LogP contribution in [0.1, 0.15) is 104 Å². The van der Waals surface area contributed by atoms with Crippen LogP contribution in [0.25, 0.3) is 0 Å². The molecular weight excluding hydrogens is 314 g/mol. The van der Waals surface area contributed by atoms with Gasteiger partial charge in [-0.1, -0.05) is 72.1 Å². The van der Waals surface area contributed by atoms with E-state index in [4.69, 9.17) is 0 Å². The van der Waals surface area contributed by atoms with Gasteiger partial charge in [0.1, 0.15) is 5.78 Å². The van der Waals surface area contributed by atoms with Crippen molar-refractivity contribution in [1.29, 1.82) is 0 Å². The van der Waals surface area contributed by atoms with E-state index in [1.807, 2.05) is 0 Å². The third kappa shape index (κ3) is 7.29. The topological polar surface area (TPSA) is 54.5 Å². The minimum Gasteiger partial charge on any atom is -0.299 e. The van der Waals surface area contributed by atoms with Crippen molar-refractivity contribution in [3.8, 4) is 0 Å². The second-order valence-corrected chi connectivity index (χ2v) is 7.79. The molecule has 4 nitrogen and oxygen atoms in total. The number of hydrogen-bond acceptors (Lipinski definition) is 3. The maximum absolute atomic E-state index is 12.9. The molecule has 0 atom stereocenters. The molecule has 1 saturated heterocycles. The molecular formula is C21H37NO3. The Labute approximate surface area is 153 Å². The number of imide groups is 1. The fourth-order valence-corrected chi connectivity index (χ4v) is 3.68. The van der Waals surface area contributed by atoms with Crippen LogP contribution in [0.15, 0.2) is 0 Å². The van der Waals surface area contributed by atoms with Gasteiger partial charge in [0, 0.05) is 31.2 Å². The highest BCUT2D eigenvalue weighted by atomic mass is 16.2. The number of nitrogens with zero attached hydrogens (tertiary/aromatic N) is 1. The van der Waals surface area contributed by atoms with E-state index in [1.54, 1.807) is 0 Å². The van der Waals surface area contributed by atoms with E-state index in [-0.39, 0.29) is 29.6 Å². The van der Waals surface area contributed by atoms with Gasteiger partial charge in [0.2, 0.25) is 11.8 Å². The number of carbonyl (C=O) groups is 3. The van der Waals surface area contributed by atoms with Crippen molar-refractivity contribution in [2.75, 3.05) is 6.54 Å². The Morgan fingerprint density at radius 1 is 0.880 bits per heavy atom. The monoisotopic (exact) mass is 351 g/mol. The predicted molar refractivity (Wildman–Crippen MR) is 101 cm³/mol. The predicted octanol–water partition coefficient (Wildman–Crippen LogP) is 5.04. The normalized spacial score (nSPS) is 15.2. The average Bonchev–Trinajstić information content (AvgIpc) is 2.91. The standard InChI is InChI=1S/C21H37NO3/c1-4-6-8-10-15-21(3,16-11-9-7-5-2)18(23)14-17-22-19(24)12-13-20(22)25/h4-17H2,1-3H3. The summed E-state index contributed by atoms with van der Waals surface area (Å²) >= 11 is 0. The second-order valence-electron chi connectivity index (χ2n) is 7.79. The first-order valence-electron chi connectivity index (χ1n) is 10.3. The molecule has 25 heavy (non-hydrogen) atoms. The van der Waals surface area contributed by atoms with Gasteiger partial charge in [-0.15, -0.1) is 0 Å². The molecule has 0 aliphatic carbocycles. The van der Waals surface area contributed by atoms with E-state index in [0.29, 0.717) is 19.3 Å². The SMILES string of the molecule is CCCCCCC(C)(CCCCCC)C(=O)CCN1C(=O)CCC1=O. The van der Waals surface area contributed by atoms with E-state index in [1.165, 1.54) is 43.4 Å². The maximum atomic E-state index is 12.9. The quantitative estimate of drug-likeness (QED) is 0.325. The Morgan fingerprint density at radius 2 is 1.36 bits per heavy atom. The molecule has 1 fully saturated rings. The third-order valence-corrected chi connectivity index (χ3v) is 5.55. The summed E-state index contributed by atoms with van der Waals surface area (Å²) in [7, 11) is 0. The van der Waals surface area contributed by atoms with Crippen molar-refractivity contribution in [2.45, 2.75) is 104 Å². The Hall–Kier alpha value is -1.19. The number of carbonyl (C=O) groups excluding carboxylic acids is 3. The first-order chi connectivity index (χ1) is 11.9. The molecule has 1 heterocycles. The van der Waals surface area contributed by atoms with Crippen LogP contribution in [0.3, 0.4) is 0 Å². The molecule has 4 heteroatoms. The molecule has 1 aliphatic heterocycles. The van der Waals surface area contributed by atoms with E-state index in [2.05, 4.69) is 20.8 Å². The highest BCUT2D eigenvalue weighted by Crippen LogP contribution is 2.34. The highest BCUT2D eigenvalue weighted by molar-refractivity contribution is 6.02. The lowest BCUT2D eigenvalue weighted by Crippen LogP contribution is -2.35. The Bertz CT molecular complexity index is 416. The van der Waals surface area contributed by atoms with Gasteiger partial charge in [-0.2, -0.15) is 0 Å². The van der Waals surface area contributed by atoms with E-state index in [0.717, 1.165) is 25.7 Å². The minimum absolute atomic E-state index is 0.120. The molecule has 0 radical (unpaired) electrons. The summed E-state index contributed by atoms with van der Waals surface area (Å²) in [4.78, 5) is 37.7. The number of Topliss-reactive ketones (excluding diaryl/α,β-unsaturated/α-hetero) is 1. The van der Waals surface area contributed by atoms with Gasteiger partial charge in [-0.3, -0.25) is 19.3 Å². The summed E-state index contributed by atoms with van der Waals surface area (Å²) in [5.41, 5.74) is -0.298. The summed E-state index contributed by atoms with van der Waals surface area (Å²) in [6.07, 6.45) is 12.1. The summed E-state index contributed by atoms with van der Waals surface area (Å²) in [5, 5.41) is 0. The molecule has 0 aromatic carbocycles. The van der Waals surface area contributed by atoms with Gasteiger partial charge >= 0.3 is 0 Å². The van der Waals surface area contributed by atoms with Crippen LogP contribution in [0.5, 0.6) is 0 Å². The summed E-state index contributed by atoms with van der Waals surface area (Å²) in [6, 6.07) is 0. The zero-order valence-electron chi connectivity index (χ0n) is 16.6. The van der Waals surface area contributed by atoms with Gasteiger partial charge < -0.3 is 0 Å². The largest absolute Gasteiger partial charge is 0.299 e. The zero-order valence-corrected chi connectivity index (χ0v) is 16.6. The molecule has 1 rings (SSSR count). The van der Waals surface area contributed by atoms with Crippen LogP contribution in [0, 0.1) is 5.41 Å². The Morgan fingerprint density at radius 3 is 1.80 bits per heavy atom. The lowest BCUT2D eigenvalue weighted by molar-refractivity contribution is -0.139. The fraction of sp³-hybridized carbons (Fsp3) is 0.857. The van der Waals surface area contributed by atoms with Crippen molar-refractivity contribution < 1.29 is 14.4 Å². The fourth-order valence-electron chi connectivity index (χ4n) is 3.68. The van der Waals surface area contributed by atoms with Crippen LogP contribution >= 0.6 is 0 Å². The molecule has 0 N–H and O–H groups in total. The number of hydrogen-bond donors (Lipinski definition) is 0. The molecule has 0 aromatic heterocycles. The van der Waals surface area contributed by atoms with Crippen molar-refractivity contribution >= 4 is 17.6 Å². The first kappa shape index (κ1) is 21.9. The van der Waals surface area contributed by atoms with Crippen molar-refractivity contribution in [3.05, 3.63) is 0 Å². The summed E-state index contributed by atoms with van der Waals surface area (Å²) in [5.74, 6) is -0.0104. The van der Waals surface area contributed by atoms with Crippen molar-refractivity contribution in [1.82, 2.24) is 4.90 Å². The van der Waals surface area contributed by atoms with Gasteiger partial charge in [0.15, 0.2) is 0 Å². The minimum atomic E-state index is -0.298. The summed E-state index contributed by atoms with van der Waals surface area (Å²) in [6.45, 7) is 6.76. The maximum Gasteiger partial charge on any atom is 0.229 e. The van der Waals surface area contributed by atoms with E-state index < -0.39 is 0 Å². The van der Waals surface area contributed by atoms with Gasteiger partial charge in [0.25, 0.3) is 0 Å². The zero-order chi connectivity index (χ0) is 18.7. The van der Waals surface area contributed by atoms with Crippen LogP contribution in [0.2, 0.25) is 0 Å². The first-order valence-corrected chi connectivity index (χ1v) is 10.3. The third-order valence-electron chi connectivity index (χ3n) is 5.55. The number of amides is 2. The van der Waals surface area contributed by atoms with Crippen LogP contribution in [0.4, 0.5) is 0 Å². The van der Waals surface area contributed by atoms with Gasteiger partial charge in [-0.05, 0) is 12.8 Å². The van der Waals surface area contributed by atoms with Gasteiger partial charge in [-0.25, -0.2) is 0 Å². The molecule has 0 unspecified atom stereocenters. The molecule has 144 valence electrons. The highest BCUT2D eigenvalue weighted by Gasteiger charge is 2.34. The molecule has 2 amide bonds. The number of ketones is 1. The Balaban J connectivity index is 2.56. The smallest absolute Gasteiger partial charge is 0.229 e. The summed E-state index contributed by atoms with van der Waals surface area (Å²) < 4.78 is 0. The lowest BCUT2D eigenvalue weighted by Gasteiger charge is -2.29. The van der Waals surface area contributed by atoms with Crippen LogP contribution < -0.4 is 0 Å². The van der Waals surface area contributed by atoms with Gasteiger partial charge in [0.05, 0.1) is 0 Å². The van der Waals surface area contributed by atoms with Crippen LogP contribution in [-0.2, 0) is 14.4 Å². The number of likely N-dealkylation sites (tertiary alicyclic amines) is 1. The molecule has 1 aliphatic rings. The van der Waals surface area contributed by atoms with Crippen LogP contribution in [-0.4, -0.2) is 29.0 Å². The average molecular weight is 352 g/mol. The number of unbranched alkanes of at least 4 members (excludes halogenated alkanes) is 6. The van der Waals surface area contributed by atoms with Crippen molar-refractivity contribution in [2.24, 2.45) is 5.41 Å². The number of rotatable bonds is 14. The Kier molecular flexibility index (Phi) is 9.99. The molecule has 0 spiro atoms. The van der Waals surface area contributed by atoms with E-state index >= 15 is 0 Å². The molecule has 0 bridgehead atoms. The molecule has 0 aromatic rings.